The number of nitrogens with one attached hydrogen (secondary N) is 2. The zero-order chi connectivity index (χ0) is 16.1. The van der Waals surface area contributed by atoms with Crippen LogP contribution < -0.4 is 20.3 Å². The zero-order valence-corrected chi connectivity index (χ0v) is 14.4. The number of halogens is 1. The maximum atomic E-state index is 12.1. The predicted octanol–water partition coefficient (Wildman–Crippen LogP) is 1.34. The molecule has 0 atom stereocenters. The molecule has 132 valence electrons. The minimum absolute atomic E-state index is 0. The van der Waals surface area contributed by atoms with Crippen LogP contribution in [0.2, 0.25) is 0 Å². The maximum Gasteiger partial charge on any atom is 0.265 e. The molecule has 0 aromatic heterocycles. The highest BCUT2D eigenvalue weighted by atomic mass is 35.5. The van der Waals surface area contributed by atoms with Crippen molar-refractivity contribution >= 4 is 29.9 Å². The fourth-order valence-corrected chi connectivity index (χ4v) is 3.08. The molecule has 1 fully saturated rings. The Balaban J connectivity index is 0.00000208. The average Bonchev–Trinajstić information content (AvgIpc) is 2.60. The lowest BCUT2D eigenvalue weighted by Crippen LogP contribution is -2.41. The van der Waals surface area contributed by atoms with Gasteiger partial charge in [0.2, 0.25) is 5.91 Å². The van der Waals surface area contributed by atoms with Gasteiger partial charge in [0.05, 0.1) is 5.69 Å². The van der Waals surface area contributed by atoms with Crippen molar-refractivity contribution in [1.82, 2.24) is 10.6 Å². The van der Waals surface area contributed by atoms with E-state index in [0.29, 0.717) is 13.1 Å². The van der Waals surface area contributed by atoms with E-state index in [4.69, 9.17) is 4.74 Å². The number of hydrogen-bond acceptors (Lipinski definition) is 4. The second kappa shape index (κ2) is 8.89. The van der Waals surface area contributed by atoms with Crippen molar-refractivity contribution in [1.29, 1.82) is 0 Å². The third kappa shape index (κ3) is 4.39. The van der Waals surface area contributed by atoms with Crippen LogP contribution >= 0.6 is 12.4 Å². The SMILES string of the molecule is Cl.O=C(NCCCN1C(=O)COc2ccccc21)C1CCNCC1. The third-order valence-electron chi connectivity index (χ3n) is 4.38. The minimum Gasteiger partial charge on any atom is -0.482 e. The van der Waals surface area contributed by atoms with Crippen molar-refractivity contribution in [2.45, 2.75) is 19.3 Å². The molecular weight excluding hydrogens is 330 g/mol. The predicted molar refractivity (Wildman–Crippen MR) is 94.8 cm³/mol. The van der Waals surface area contributed by atoms with E-state index >= 15 is 0 Å². The van der Waals surface area contributed by atoms with E-state index < -0.39 is 0 Å². The van der Waals surface area contributed by atoms with Crippen molar-refractivity contribution in [2.24, 2.45) is 5.92 Å². The second-order valence-electron chi connectivity index (χ2n) is 5.97. The first kappa shape index (κ1) is 18.5. The van der Waals surface area contributed by atoms with Crippen LogP contribution in [0.1, 0.15) is 19.3 Å². The van der Waals surface area contributed by atoms with Gasteiger partial charge in [0, 0.05) is 19.0 Å². The highest BCUT2D eigenvalue weighted by Gasteiger charge is 2.25. The molecule has 1 aromatic rings. The fourth-order valence-electron chi connectivity index (χ4n) is 3.08. The third-order valence-corrected chi connectivity index (χ3v) is 4.38. The molecule has 7 heteroatoms. The molecule has 2 N–H and O–H groups in total. The summed E-state index contributed by atoms with van der Waals surface area (Å²) >= 11 is 0. The van der Waals surface area contributed by atoms with Gasteiger partial charge >= 0.3 is 0 Å². The Bertz CT molecular complexity index is 576. The van der Waals surface area contributed by atoms with Crippen LogP contribution in [0.15, 0.2) is 24.3 Å². The molecule has 2 heterocycles. The molecule has 1 aromatic carbocycles. The molecule has 0 spiro atoms. The number of carbonyl (C=O) groups is 2. The number of para-hydroxylation sites is 2. The monoisotopic (exact) mass is 353 g/mol. The van der Waals surface area contributed by atoms with Crippen LogP contribution in [0.5, 0.6) is 5.75 Å². The molecule has 0 bridgehead atoms. The number of fused-ring (bicyclic) bond motifs is 1. The number of nitrogens with zero attached hydrogens (tertiary/aromatic N) is 1. The average molecular weight is 354 g/mol. The van der Waals surface area contributed by atoms with Crippen LogP contribution in [0.4, 0.5) is 5.69 Å². The van der Waals surface area contributed by atoms with Gasteiger partial charge in [-0.1, -0.05) is 12.1 Å². The lowest BCUT2D eigenvalue weighted by atomic mass is 9.97. The Morgan fingerprint density at radius 1 is 1.29 bits per heavy atom. The second-order valence-corrected chi connectivity index (χ2v) is 5.97. The molecule has 3 rings (SSSR count). The minimum atomic E-state index is -0.0339. The van der Waals surface area contributed by atoms with Crippen molar-refractivity contribution in [3.8, 4) is 5.75 Å². The Kier molecular flexibility index (Phi) is 6.87. The van der Waals surface area contributed by atoms with E-state index in [2.05, 4.69) is 10.6 Å². The largest absolute Gasteiger partial charge is 0.482 e. The number of carbonyl (C=O) groups excluding carboxylic acids is 2. The van der Waals surface area contributed by atoms with Gasteiger partial charge in [-0.25, -0.2) is 0 Å². The van der Waals surface area contributed by atoms with E-state index in [1.807, 2.05) is 24.3 Å². The van der Waals surface area contributed by atoms with Crippen LogP contribution in [-0.2, 0) is 9.59 Å². The van der Waals surface area contributed by atoms with Crippen molar-refractivity contribution < 1.29 is 14.3 Å². The molecule has 1 saturated heterocycles. The number of rotatable bonds is 5. The Labute approximate surface area is 148 Å². The highest BCUT2D eigenvalue weighted by Crippen LogP contribution is 2.31. The van der Waals surface area contributed by atoms with Gasteiger partial charge in [0.1, 0.15) is 5.75 Å². The van der Waals surface area contributed by atoms with Crippen molar-refractivity contribution in [3.63, 3.8) is 0 Å². The summed E-state index contributed by atoms with van der Waals surface area (Å²) < 4.78 is 5.42. The molecule has 2 aliphatic heterocycles. The lowest BCUT2D eigenvalue weighted by molar-refractivity contribution is -0.125. The molecule has 6 nitrogen and oxygen atoms in total. The molecule has 0 aliphatic carbocycles. The Morgan fingerprint density at radius 2 is 2.04 bits per heavy atom. The fraction of sp³-hybridized carbons (Fsp3) is 0.529. The van der Waals surface area contributed by atoms with Crippen molar-refractivity contribution in [3.05, 3.63) is 24.3 Å². The summed E-state index contributed by atoms with van der Waals surface area (Å²) in [7, 11) is 0. The summed E-state index contributed by atoms with van der Waals surface area (Å²) in [4.78, 5) is 25.9. The highest BCUT2D eigenvalue weighted by molar-refractivity contribution is 5.97. The van der Waals surface area contributed by atoms with Gasteiger partial charge in [-0.2, -0.15) is 0 Å². The maximum absolute atomic E-state index is 12.1. The first-order chi connectivity index (χ1) is 11.3. The molecule has 0 radical (unpaired) electrons. The van der Waals surface area contributed by atoms with Gasteiger partial charge < -0.3 is 20.3 Å². The standard InChI is InChI=1S/C17H23N3O3.ClH/c21-16-12-23-15-5-2-1-4-14(15)20(16)11-3-8-19-17(22)13-6-9-18-10-7-13;/h1-2,4-5,13,18H,3,6-12H2,(H,19,22);1H. The van der Waals surface area contributed by atoms with Crippen molar-refractivity contribution in [2.75, 3.05) is 37.7 Å². The van der Waals surface area contributed by atoms with Gasteiger partial charge in [0.15, 0.2) is 6.61 Å². The number of amides is 2. The molecular formula is C17H24ClN3O3. The molecule has 2 amide bonds. The molecule has 24 heavy (non-hydrogen) atoms. The normalized spacial score (nSPS) is 17.5. The summed E-state index contributed by atoms with van der Waals surface area (Å²) in [6.45, 7) is 3.09. The number of anilines is 1. The first-order valence-corrected chi connectivity index (χ1v) is 8.26. The van der Waals surface area contributed by atoms with Gasteiger partial charge in [-0.15, -0.1) is 12.4 Å². The summed E-state index contributed by atoms with van der Waals surface area (Å²) in [5.74, 6) is 0.974. The Morgan fingerprint density at radius 3 is 2.83 bits per heavy atom. The molecule has 0 unspecified atom stereocenters. The molecule has 2 aliphatic rings. The van der Waals surface area contributed by atoms with Crippen LogP contribution in [0, 0.1) is 5.92 Å². The van der Waals surface area contributed by atoms with E-state index in [0.717, 1.165) is 43.8 Å². The Hall–Kier alpha value is -1.79. The van der Waals surface area contributed by atoms with Crippen LogP contribution in [0.25, 0.3) is 0 Å². The summed E-state index contributed by atoms with van der Waals surface area (Å²) in [6, 6.07) is 7.55. The summed E-state index contributed by atoms with van der Waals surface area (Å²) in [6.07, 6.45) is 2.54. The van der Waals surface area contributed by atoms with Gasteiger partial charge in [-0.3, -0.25) is 9.59 Å². The first-order valence-electron chi connectivity index (χ1n) is 8.26. The summed E-state index contributed by atoms with van der Waals surface area (Å²) in [5.41, 5.74) is 0.813. The van der Waals surface area contributed by atoms with E-state index in [1.165, 1.54) is 0 Å². The number of hydrogen-bond donors (Lipinski definition) is 2. The number of benzene rings is 1. The van der Waals surface area contributed by atoms with Gasteiger partial charge in [0.25, 0.3) is 5.91 Å². The van der Waals surface area contributed by atoms with Crippen LogP contribution in [-0.4, -0.2) is 44.6 Å². The number of ether oxygens (including phenoxy) is 1. The summed E-state index contributed by atoms with van der Waals surface area (Å²) in [5, 5.41) is 6.25. The van der Waals surface area contributed by atoms with E-state index in [-0.39, 0.29) is 36.7 Å². The topological polar surface area (TPSA) is 70.7 Å². The van der Waals surface area contributed by atoms with E-state index in [9.17, 15) is 9.59 Å². The van der Waals surface area contributed by atoms with Crippen LogP contribution in [0.3, 0.4) is 0 Å². The van der Waals surface area contributed by atoms with Gasteiger partial charge in [-0.05, 0) is 44.5 Å². The van der Waals surface area contributed by atoms with E-state index in [1.54, 1.807) is 4.90 Å². The quantitative estimate of drug-likeness (QED) is 0.784. The zero-order valence-electron chi connectivity index (χ0n) is 13.6. The molecule has 0 saturated carbocycles. The number of piperidine rings is 1. The smallest absolute Gasteiger partial charge is 0.265 e. The lowest BCUT2D eigenvalue weighted by Gasteiger charge is -2.29.